The van der Waals surface area contributed by atoms with E-state index >= 15 is 0 Å². The normalized spacial score (nSPS) is 15.0. The molecule has 0 bridgehead atoms. The highest BCUT2D eigenvalue weighted by Gasteiger charge is 2.34. The summed E-state index contributed by atoms with van der Waals surface area (Å²) >= 11 is 0. The molecule has 1 aromatic rings. The molecule has 0 aliphatic heterocycles. The highest BCUT2D eigenvalue weighted by molar-refractivity contribution is 5.85. The van der Waals surface area contributed by atoms with Gasteiger partial charge in [-0.3, -0.25) is 19.2 Å². The Kier molecular flexibility index (Phi) is 18.3. The maximum Gasteiger partial charge on any atom is 0.242 e. The molecule has 2 N–H and O–H groups in total. The molecule has 0 spiro atoms. The molecule has 0 fully saturated rings. The first-order chi connectivity index (χ1) is 21.3. The first kappa shape index (κ1) is 39.8. The predicted octanol–water partition coefficient (Wildman–Crippen LogP) is 3.98. The van der Waals surface area contributed by atoms with Crippen LogP contribution in [0, 0.1) is 11.8 Å². The number of hydrogen-bond donors (Lipinski definition) is 2. The van der Waals surface area contributed by atoms with Crippen LogP contribution in [0.15, 0.2) is 42.0 Å². The standard InChI is InChI=1S/C35H58N4O6/c1-11-18-39(23-30(45-10)27(7)35(43)37-26(6)20-28-16-14-13-15-17-28)32(41)21-29(44-9)34(25(5)12-2)38(8)33(42)22-36-31(40)19-24(3)4/h12-17,24,26-27,29-30,34H,11,18-23H2,1-10H3,(H,36,40)(H,37,43)/b25-12+/t26-,27-,29-,30?,34+/m0/s1. The molecule has 0 saturated carbocycles. The maximum atomic E-state index is 13.8. The van der Waals surface area contributed by atoms with Gasteiger partial charge in [-0.2, -0.15) is 0 Å². The van der Waals surface area contributed by atoms with E-state index in [0.29, 0.717) is 19.4 Å². The summed E-state index contributed by atoms with van der Waals surface area (Å²) in [7, 11) is 4.75. The van der Waals surface area contributed by atoms with Crippen LogP contribution in [0.3, 0.4) is 0 Å². The van der Waals surface area contributed by atoms with E-state index < -0.39 is 24.2 Å². The topological polar surface area (TPSA) is 117 Å². The zero-order chi connectivity index (χ0) is 34.1. The van der Waals surface area contributed by atoms with Crippen LogP contribution in [-0.2, 0) is 35.1 Å². The number of nitrogens with zero attached hydrogens (tertiary/aromatic N) is 2. The molecule has 254 valence electrons. The second kappa shape index (κ2) is 20.7. The second-order valence-electron chi connectivity index (χ2n) is 12.3. The van der Waals surface area contributed by atoms with Crippen LogP contribution in [0.4, 0.5) is 0 Å². The highest BCUT2D eigenvalue weighted by atomic mass is 16.5. The Labute approximate surface area is 271 Å². The number of carbonyl (C=O) groups excluding carboxylic acids is 4. The number of likely N-dealkylation sites (N-methyl/N-ethyl adjacent to an activating group) is 1. The van der Waals surface area contributed by atoms with Gasteiger partial charge >= 0.3 is 0 Å². The second-order valence-corrected chi connectivity index (χ2v) is 12.3. The molecule has 0 saturated heterocycles. The third-order valence-electron chi connectivity index (χ3n) is 8.09. The smallest absolute Gasteiger partial charge is 0.242 e. The fraction of sp³-hybridized carbons (Fsp3) is 0.657. The molecule has 45 heavy (non-hydrogen) atoms. The molecule has 0 aliphatic carbocycles. The lowest BCUT2D eigenvalue weighted by Gasteiger charge is -2.36. The summed E-state index contributed by atoms with van der Waals surface area (Å²) < 4.78 is 11.6. The molecule has 0 aromatic heterocycles. The lowest BCUT2D eigenvalue weighted by atomic mass is 9.97. The van der Waals surface area contributed by atoms with Crippen LogP contribution in [0.2, 0.25) is 0 Å². The molecule has 0 radical (unpaired) electrons. The molecule has 1 unspecified atom stereocenters. The van der Waals surface area contributed by atoms with Crippen molar-refractivity contribution >= 4 is 23.6 Å². The third kappa shape index (κ3) is 13.7. The van der Waals surface area contributed by atoms with Crippen LogP contribution >= 0.6 is 0 Å². The summed E-state index contributed by atoms with van der Waals surface area (Å²) in [4.78, 5) is 55.5. The Bertz CT molecular complexity index is 1090. The van der Waals surface area contributed by atoms with Gasteiger partial charge in [-0.1, -0.05) is 69.7 Å². The predicted molar refractivity (Wildman–Crippen MR) is 178 cm³/mol. The van der Waals surface area contributed by atoms with E-state index in [9.17, 15) is 19.2 Å². The van der Waals surface area contributed by atoms with Crippen molar-refractivity contribution in [2.75, 3.05) is 40.9 Å². The van der Waals surface area contributed by atoms with Gasteiger partial charge < -0.3 is 29.9 Å². The Morgan fingerprint density at radius 1 is 0.933 bits per heavy atom. The van der Waals surface area contributed by atoms with Crippen LogP contribution in [-0.4, -0.2) is 98.6 Å². The SMILES string of the molecule is C/C=C(\C)[C@H]([C@H](CC(=O)N(CCC)CC(OC)[C@H](C)C(=O)N[C@@H](C)Cc1ccccc1)OC)N(C)C(=O)CNC(=O)CC(C)C. The van der Waals surface area contributed by atoms with E-state index in [-0.39, 0.29) is 55.1 Å². The van der Waals surface area contributed by atoms with Crippen molar-refractivity contribution in [1.29, 1.82) is 0 Å². The van der Waals surface area contributed by atoms with Crippen molar-refractivity contribution in [3.05, 3.63) is 47.5 Å². The average molecular weight is 631 g/mol. The maximum absolute atomic E-state index is 13.8. The van der Waals surface area contributed by atoms with Crippen molar-refractivity contribution in [3.8, 4) is 0 Å². The Morgan fingerprint density at radius 2 is 1.56 bits per heavy atom. The number of rotatable bonds is 20. The summed E-state index contributed by atoms with van der Waals surface area (Å²) in [5, 5.41) is 5.79. The summed E-state index contributed by atoms with van der Waals surface area (Å²) in [5.74, 6) is -1.06. The van der Waals surface area contributed by atoms with Crippen LogP contribution in [0.25, 0.3) is 0 Å². The molecule has 1 aromatic carbocycles. The number of benzene rings is 1. The highest BCUT2D eigenvalue weighted by Crippen LogP contribution is 2.21. The molecule has 4 amide bonds. The Hall–Kier alpha value is -3.24. The molecular weight excluding hydrogens is 572 g/mol. The van der Waals surface area contributed by atoms with Crippen LogP contribution < -0.4 is 10.6 Å². The van der Waals surface area contributed by atoms with Crippen molar-refractivity contribution < 1.29 is 28.7 Å². The zero-order valence-electron chi connectivity index (χ0n) is 29.2. The van der Waals surface area contributed by atoms with Gasteiger partial charge in [-0.05, 0) is 45.1 Å². The van der Waals surface area contributed by atoms with Crippen molar-refractivity contribution in [2.45, 2.75) is 98.4 Å². The van der Waals surface area contributed by atoms with Gasteiger partial charge in [0.15, 0.2) is 0 Å². The van der Waals surface area contributed by atoms with Crippen LogP contribution in [0.5, 0.6) is 0 Å². The molecular formula is C35H58N4O6. The van der Waals surface area contributed by atoms with Crippen molar-refractivity contribution in [3.63, 3.8) is 0 Å². The molecule has 0 aliphatic rings. The van der Waals surface area contributed by atoms with Gasteiger partial charge in [0, 0.05) is 46.8 Å². The lowest BCUT2D eigenvalue weighted by molar-refractivity contribution is -0.142. The van der Waals surface area contributed by atoms with E-state index in [4.69, 9.17) is 9.47 Å². The fourth-order valence-corrected chi connectivity index (χ4v) is 5.34. The van der Waals surface area contributed by atoms with E-state index in [1.165, 1.54) is 12.0 Å². The quantitative estimate of drug-likeness (QED) is 0.211. The number of methoxy groups -OCH3 is 2. The van der Waals surface area contributed by atoms with Gasteiger partial charge in [-0.15, -0.1) is 0 Å². The molecule has 1 rings (SSSR count). The first-order valence-electron chi connectivity index (χ1n) is 16.1. The fourth-order valence-electron chi connectivity index (χ4n) is 5.34. The Balaban J connectivity index is 2.99. The monoisotopic (exact) mass is 630 g/mol. The minimum Gasteiger partial charge on any atom is -0.379 e. The number of nitrogens with one attached hydrogen (secondary N) is 2. The molecule has 0 heterocycles. The molecule has 10 heteroatoms. The third-order valence-corrected chi connectivity index (χ3v) is 8.09. The van der Waals surface area contributed by atoms with Gasteiger partial charge in [-0.25, -0.2) is 0 Å². The summed E-state index contributed by atoms with van der Waals surface area (Å²) in [5.41, 5.74) is 2.01. The summed E-state index contributed by atoms with van der Waals surface area (Å²) in [6, 6.07) is 9.41. The van der Waals surface area contributed by atoms with E-state index in [2.05, 4.69) is 10.6 Å². The molecule has 5 atom stereocenters. The minimum absolute atomic E-state index is 0.0226. The van der Waals surface area contributed by atoms with E-state index in [1.807, 2.05) is 84.9 Å². The average Bonchev–Trinajstić information content (AvgIpc) is 3.00. The van der Waals surface area contributed by atoms with E-state index in [1.54, 1.807) is 19.1 Å². The number of amides is 4. The number of ether oxygens (including phenoxy) is 2. The summed E-state index contributed by atoms with van der Waals surface area (Å²) in [6.45, 7) is 14.0. The molecule has 10 nitrogen and oxygen atoms in total. The van der Waals surface area contributed by atoms with Gasteiger partial charge in [0.05, 0.1) is 37.1 Å². The van der Waals surface area contributed by atoms with E-state index in [0.717, 1.165) is 17.6 Å². The Morgan fingerprint density at radius 3 is 2.09 bits per heavy atom. The van der Waals surface area contributed by atoms with Crippen molar-refractivity contribution in [1.82, 2.24) is 20.4 Å². The van der Waals surface area contributed by atoms with Crippen LogP contribution in [0.1, 0.15) is 73.3 Å². The number of hydrogen-bond acceptors (Lipinski definition) is 6. The zero-order valence-corrected chi connectivity index (χ0v) is 29.2. The minimum atomic E-state index is -0.631. The first-order valence-corrected chi connectivity index (χ1v) is 16.1. The van der Waals surface area contributed by atoms with Gasteiger partial charge in [0.2, 0.25) is 23.6 Å². The van der Waals surface area contributed by atoms with Gasteiger partial charge in [0.25, 0.3) is 0 Å². The van der Waals surface area contributed by atoms with Gasteiger partial charge in [0.1, 0.15) is 0 Å². The largest absolute Gasteiger partial charge is 0.379 e. The number of carbonyl (C=O) groups is 4. The summed E-state index contributed by atoms with van der Waals surface area (Å²) in [6.07, 6.45) is 2.54. The number of allylic oxidation sites excluding steroid dienone is 1. The lowest BCUT2D eigenvalue weighted by Crippen LogP contribution is -2.51. The van der Waals surface area contributed by atoms with Crippen molar-refractivity contribution in [2.24, 2.45) is 11.8 Å².